The maximum atomic E-state index is 13.0. The van der Waals surface area contributed by atoms with E-state index in [2.05, 4.69) is 12.0 Å². The first kappa shape index (κ1) is 19.4. The molecular weight excluding hydrogens is 324 g/mol. The average Bonchev–Trinajstić information content (AvgIpc) is 2.80. The van der Waals surface area contributed by atoms with Crippen molar-refractivity contribution in [3.8, 4) is 0 Å². The molecule has 0 bridgehead atoms. The SMILES string of the molecule is CCCn1nc(C)c(C(=O)N2CCOC(CN(C)CC(=O)O)C2)c1C. The van der Waals surface area contributed by atoms with E-state index < -0.39 is 5.97 Å². The summed E-state index contributed by atoms with van der Waals surface area (Å²) in [7, 11) is 1.74. The first-order valence-electron chi connectivity index (χ1n) is 8.68. The van der Waals surface area contributed by atoms with Gasteiger partial charge in [0.2, 0.25) is 0 Å². The van der Waals surface area contributed by atoms with Crippen molar-refractivity contribution in [1.82, 2.24) is 19.6 Å². The highest BCUT2D eigenvalue weighted by Gasteiger charge is 2.29. The highest BCUT2D eigenvalue weighted by Crippen LogP contribution is 2.18. The molecule has 1 aromatic rings. The number of hydrogen-bond donors (Lipinski definition) is 1. The van der Waals surface area contributed by atoms with Gasteiger partial charge in [0.25, 0.3) is 5.91 Å². The molecule has 0 aliphatic carbocycles. The van der Waals surface area contributed by atoms with Gasteiger partial charge in [-0.2, -0.15) is 5.10 Å². The van der Waals surface area contributed by atoms with Crippen molar-refractivity contribution < 1.29 is 19.4 Å². The van der Waals surface area contributed by atoms with E-state index in [-0.39, 0.29) is 18.6 Å². The van der Waals surface area contributed by atoms with Gasteiger partial charge in [0.15, 0.2) is 0 Å². The second kappa shape index (κ2) is 8.44. The minimum atomic E-state index is -0.874. The monoisotopic (exact) mass is 352 g/mol. The molecule has 1 atom stereocenters. The topological polar surface area (TPSA) is 87.9 Å². The van der Waals surface area contributed by atoms with E-state index in [0.29, 0.717) is 31.8 Å². The van der Waals surface area contributed by atoms with Crippen molar-refractivity contribution in [3.63, 3.8) is 0 Å². The van der Waals surface area contributed by atoms with E-state index in [0.717, 1.165) is 24.4 Å². The second-order valence-electron chi connectivity index (χ2n) is 6.60. The molecule has 8 heteroatoms. The van der Waals surface area contributed by atoms with Gasteiger partial charge in [-0.1, -0.05) is 6.92 Å². The van der Waals surface area contributed by atoms with Gasteiger partial charge in [0, 0.05) is 31.9 Å². The number of amides is 1. The zero-order valence-electron chi connectivity index (χ0n) is 15.5. The number of likely N-dealkylation sites (N-methyl/N-ethyl adjacent to an activating group) is 1. The Morgan fingerprint density at radius 3 is 2.76 bits per heavy atom. The number of aliphatic carboxylic acids is 1. The van der Waals surface area contributed by atoms with Crippen molar-refractivity contribution in [3.05, 3.63) is 17.0 Å². The van der Waals surface area contributed by atoms with Gasteiger partial charge in [0.05, 0.1) is 30.5 Å². The number of hydrogen-bond acceptors (Lipinski definition) is 5. The van der Waals surface area contributed by atoms with Gasteiger partial charge in [0.1, 0.15) is 0 Å². The minimum Gasteiger partial charge on any atom is -0.480 e. The fourth-order valence-corrected chi connectivity index (χ4v) is 3.25. The van der Waals surface area contributed by atoms with E-state index in [4.69, 9.17) is 9.84 Å². The molecule has 0 saturated carbocycles. The van der Waals surface area contributed by atoms with Gasteiger partial charge < -0.3 is 14.7 Å². The molecule has 1 aliphatic heterocycles. The summed E-state index contributed by atoms with van der Waals surface area (Å²) in [6.45, 7) is 8.56. The Hall–Kier alpha value is -1.93. The molecule has 1 aliphatic rings. The van der Waals surface area contributed by atoms with E-state index >= 15 is 0 Å². The first-order valence-corrected chi connectivity index (χ1v) is 8.68. The standard InChI is InChI=1S/C17H28N4O4/c1-5-6-21-13(3)16(12(2)18-21)17(24)20-7-8-25-14(10-20)9-19(4)11-15(22)23/h14H,5-11H2,1-4H3,(H,22,23). The summed E-state index contributed by atoms with van der Waals surface area (Å²) in [5.74, 6) is -0.896. The summed E-state index contributed by atoms with van der Waals surface area (Å²) in [5, 5.41) is 13.3. The van der Waals surface area contributed by atoms with Crippen molar-refractivity contribution in [1.29, 1.82) is 0 Å². The van der Waals surface area contributed by atoms with Crippen LogP contribution in [0.2, 0.25) is 0 Å². The Balaban J connectivity index is 2.06. The van der Waals surface area contributed by atoms with Gasteiger partial charge in [-0.3, -0.25) is 19.2 Å². The Morgan fingerprint density at radius 2 is 2.12 bits per heavy atom. The number of aryl methyl sites for hydroxylation is 2. The molecule has 140 valence electrons. The minimum absolute atomic E-state index is 0.0217. The lowest BCUT2D eigenvalue weighted by Gasteiger charge is -2.34. The summed E-state index contributed by atoms with van der Waals surface area (Å²) >= 11 is 0. The predicted molar refractivity (Wildman–Crippen MR) is 92.8 cm³/mol. The van der Waals surface area contributed by atoms with Crippen LogP contribution < -0.4 is 0 Å². The molecule has 1 amide bonds. The molecular formula is C17H28N4O4. The molecule has 2 heterocycles. The first-order chi connectivity index (χ1) is 11.8. The molecule has 0 aromatic carbocycles. The lowest BCUT2D eigenvalue weighted by atomic mass is 10.1. The van der Waals surface area contributed by atoms with Gasteiger partial charge in [-0.05, 0) is 27.3 Å². The lowest BCUT2D eigenvalue weighted by Crippen LogP contribution is -2.49. The Labute approximate surface area is 148 Å². The van der Waals surface area contributed by atoms with Crippen LogP contribution in [0.4, 0.5) is 0 Å². The van der Waals surface area contributed by atoms with Crippen molar-refractivity contribution >= 4 is 11.9 Å². The van der Waals surface area contributed by atoms with Crippen molar-refractivity contribution in [2.24, 2.45) is 0 Å². The molecule has 2 rings (SSSR count). The van der Waals surface area contributed by atoms with E-state index in [1.807, 2.05) is 18.5 Å². The lowest BCUT2D eigenvalue weighted by molar-refractivity contribution is -0.138. The van der Waals surface area contributed by atoms with Crippen LogP contribution in [0.25, 0.3) is 0 Å². The van der Waals surface area contributed by atoms with E-state index in [9.17, 15) is 9.59 Å². The van der Waals surface area contributed by atoms with Crippen LogP contribution in [-0.2, 0) is 16.1 Å². The van der Waals surface area contributed by atoms with E-state index in [1.165, 1.54) is 0 Å². The Morgan fingerprint density at radius 1 is 1.40 bits per heavy atom. The Kier molecular flexibility index (Phi) is 6.55. The van der Waals surface area contributed by atoms with Crippen molar-refractivity contribution in [2.75, 3.05) is 39.8 Å². The number of morpholine rings is 1. The van der Waals surface area contributed by atoms with Crippen LogP contribution in [0.1, 0.15) is 35.1 Å². The zero-order chi connectivity index (χ0) is 18.6. The quantitative estimate of drug-likeness (QED) is 0.780. The fourth-order valence-electron chi connectivity index (χ4n) is 3.25. The summed E-state index contributed by atoms with van der Waals surface area (Å²) in [5.41, 5.74) is 2.32. The number of carbonyl (C=O) groups excluding carboxylic acids is 1. The van der Waals surface area contributed by atoms with Gasteiger partial charge in [-0.15, -0.1) is 0 Å². The molecule has 1 fully saturated rings. The Bertz CT molecular complexity index is 628. The number of carboxylic acid groups (broad SMARTS) is 1. The molecule has 1 saturated heterocycles. The molecule has 8 nitrogen and oxygen atoms in total. The van der Waals surface area contributed by atoms with Crippen LogP contribution >= 0.6 is 0 Å². The highest BCUT2D eigenvalue weighted by atomic mass is 16.5. The summed E-state index contributed by atoms with van der Waals surface area (Å²) in [6.07, 6.45) is 0.777. The zero-order valence-corrected chi connectivity index (χ0v) is 15.5. The third-order valence-corrected chi connectivity index (χ3v) is 4.38. The molecule has 1 N–H and O–H groups in total. The van der Waals surface area contributed by atoms with Crippen LogP contribution in [0.5, 0.6) is 0 Å². The number of ether oxygens (including phenoxy) is 1. The molecule has 1 aromatic heterocycles. The third-order valence-electron chi connectivity index (χ3n) is 4.38. The van der Waals surface area contributed by atoms with Crippen LogP contribution in [0, 0.1) is 13.8 Å². The maximum Gasteiger partial charge on any atom is 0.317 e. The molecule has 0 radical (unpaired) electrons. The third kappa shape index (κ3) is 4.79. The highest BCUT2D eigenvalue weighted by molar-refractivity contribution is 5.96. The normalized spacial score (nSPS) is 18.0. The predicted octanol–water partition coefficient (Wildman–Crippen LogP) is 0.767. The van der Waals surface area contributed by atoms with Gasteiger partial charge in [-0.25, -0.2) is 0 Å². The largest absolute Gasteiger partial charge is 0.480 e. The second-order valence-corrected chi connectivity index (χ2v) is 6.60. The number of carbonyl (C=O) groups is 2. The summed E-state index contributed by atoms with van der Waals surface area (Å²) < 4.78 is 7.59. The fraction of sp³-hybridized carbons (Fsp3) is 0.706. The average molecular weight is 352 g/mol. The number of rotatable bonds is 7. The maximum absolute atomic E-state index is 13.0. The van der Waals surface area contributed by atoms with Gasteiger partial charge >= 0.3 is 5.97 Å². The van der Waals surface area contributed by atoms with Crippen LogP contribution in [-0.4, -0.2) is 82.5 Å². The molecule has 1 unspecified atom stereocenters. The van der Waals surface area contributed by atoms with E-state index in [1.54, 1.807) is 16.8 Å². The number of aromatic nitrogens is 2. The number of nitrogens with zero attached hydrogens (tertiary/aromatic N) is 4. The number of carboxylic acids is 1. The molecule has 25 heavy (non-hydrogen) atoms. The summed E-state index contributed by atoms with van der Waals surface area (Å²) in [6, 6.07) is 0. The van der Waals surface area contributed by atoms with Crippen LogP contribution in [0.3, 0.4) is 0 Å². The van der Waals surface area contributed by atoms with Crippen LogP contribution in [0.15, 0.2) is 0 Å². The summed E-state index contributed by atoms with van der Waals surface area (Å²) in [4.78, 5) is 27.2. The van der Waals surface area contributed by atoms with Crippen molar-refractivity contribution in [2.45, 2.75) is 39.8 Å². The smallest absolute Gasteiger partial charge is 0.317 e. The molecule has 0 spiro atoms.